The zero-order chi connectivity index (χ0) is 36.0. The van der Waals surface area contributed by atoms with Crippen molar-refractivity contribution in [1.29, 1.82) is 0 Å². The Morgan fingerprint density at radius 3 is 1.51 bits per heavy atom. The minimum Gasteiger partial charge on any atom is -0.455 e. The van der Waals surface area contributed by atoms with E-state index in [1.807, 2.05) is 12.1 Å². The number of furan rings is 2. The molecule has 0 aliphatic carbocycles. The normalized spacial score (nSPS) is 14.1. The number of para-hydroxylation sites is 4. The third-order valence-corrected chi connectivity index (χ3v) is 11.4. The van der Waals surface area contributed by atoms with Gasteiger partial charge in [-0.1, -0.05) is 127 Å². The number of hydrogen-bond donors (Lipinski definition) is 1. The van der Waals surface area contributed by atoms with Crippen LogP contribution in [0, 0.1) is 0 Å². The topological polar surface area (TPSA) is 41.5 Å². The molecule has 1 N–H and O–H groups in total. The van der Waals surface area contributed by atoms with E-state index in [2.05, 4.69) is 180 Å². The Hall–Kier alpha value is -7.30. The Balaban J connectivity index is 1.23. The third-order valence-electron chi connectivity index (χ3n) is 11.4. The van der Waals surface area contributed by atoms with Crippen LogP contribution in [0.4, 0.5) is 17.1 Å². The largest absolute Gasteiger partial charge is 0.455 e. The van der Waals surface area contributed by atoms with Gasteiger partial charge in [0.2, 0.25) is 0 Å². The molecular weight excluding hydrogens is 673 g/mol. The molecule has 0 saturated carbocycles. The summed E-state index contributed by atoms with van der Waals surface area (Å²) in [5.41, 5.74) is 12.3. The SMILES string of the molecule is c1ccc(C2Nc3ccccc3N2c2cc(-c3c4ccccc4cc4c3oc3ccccc34)cc(-c3c4ccccc4cc4c3oc3ccccc34)c2)cc1. The Morgan fingerprint density at radius 2 is 0.909 bits per heavy atom. The first-order valence-electron chi connectivity index (χ1n) is 18.8. The maximum absolute atomic E-state index is 6.84. The predicted molar refractivity (Wildman–Crippen MR) is 228 cm³/mol. The van der Waals surface area contributed by atoms with Crippen molar-refractivity contribution in [2.75, 3.05) is 10.2 Å². The zero-order valence-corrected chi connectivity index (χ0v) is 29.7. The van der Waals surface area contributed by atoms with E-state index in [1.165, 1.54) is 16.3 Å². The molecule has 1 aliphatic heterocycles. The zero-order valence-electron chi connectivity index (χ0n) is 29.7. The highest BCUT2D eigenvalue weighted by Crippen LogP contribution is 2.51. The van der Waals surface area contributed by atoms with Crippen LogP contribution >= 0.6 is 0 Å². The van der Waals surface area contributed by atoms with Crippen LogP contribution in [0.15, 0.2) is 191 Å². The van der Waals surface area contributed by atoms with Gasteiger partial charge in [-0.05, 0) is 92.8 Å². The highest BCUT2D eigenvalue weighted by molar-refractivity contribution is 6.21. The van der Waals surface area contributed by atoms with Crippen LogP contribution < -0.4 is 10.2 Å². The summed E-state index contributed by atoms with van der Waals surface area (Å²) in [4.78, 5) is 2.44. The maximum Gasteiger partial charge on any atom is 0.143 e. The number of fused-ring (bicyclic) bond motifs is 9. The van der Waals surface area contributed by atoms with Crippen LogP contribution in [0.3, 0.4) is 0 Å². The standard InChI is InChI=1S/C51H32N2O2/c1-2-14-31(15-3-1)51-52-43-22-10-11-23-44(43)53(51)36-27-34(47-37-18-6-4-16-32(37)29-41-39-20-8-12-24-45(39)54-49(41)47)26-35(28-36)48-38-19-7-5-17-33(38)30-42-40-21-9-13-25-46(40)55-50(42)48/h1-30,51-52H. The van der Waals surface area contributed by atoms with Gasteiger partial charge in [0.15, 0.2) is 0 Å². The smallest absolute Gasteiger partial charge is 0.143 e. The van der Waals surface area contributed by atoms with Gasteiger partial charge in [0.1, 0.15) is 28.5 Å². The van der Waals surface area contributed by atoms with E-state index in [-0.39, 0.29) is 6.17 Å². The molecule has 0 bridgehead atoms. The summed E-state index contributed by atoms with van der Waals surface area (Å²) >= 11 is 0. The van der Waals surface area contributed by atoms with Crippen molar-refractivity contribution in [2.45, 2.75) is 6.17 Å². The van der Waals surface area contributed by atoms with Gasteiger partial charge < -0.3 is 19.1 Å². The minimum absolute atomic E-state index is 0.126. The van der Waals surface area contributed by atoms with E-state index in [0.29, 0.717) is 0 Å². The first-order chi connectivity index (χ1) is 27.3. The van der Waals surface area contributed by atoms with Crippen LogP contribution in [0.1, 0.15) is 11.7 Å². The highest BCUT2D eigenvalue weighted by atomic mass is 16.3. The van der Waals surface area contributed by atoms with Crippen LogP contribution in [0.5, 0.6) is 0 Å². The molecule has 0 radical (unpaired) electrons. The van der Waals surface area contributed by atoms with Crippen LogP contribution in [-0.4, -0.2) is 0 Å². The molecule has 0 fully saturated rings. The van der Waals surface area contributed by atoms with Crippen LogP contribution in [-0.2, 0) is 0 Å². The van der Waals surface area contributed by atoms with Gasteiger partial charge in [-0.15, -0.1) is 0 Å². The minimum atomic E-state index is -0.126. The van der Waals surface area contributed by atoms with Crippen molar-refractivity contribution < 1.29 is 8.83 Å². The van der Waals surface area contributed by atoms with Crippen molar-refractivity contribution in [2.24, 2.45) is 0 Å². The molecule has 12 rings (SSSR count). The molecule has 4 nitrogen and oxygen atoms in total. The van der Waals surface area contributed by atoms with Crippen molar-refractivity contribution in [1.82, 2.24) is 0 Å². The number of anilines is 3. The number of rotatable bonds is 4. The summed E-state index contributed by atoms with van der Waals surface area (Å²) in [6.45, 7) is 0. The lowest BCUT2D eigenvalue weighted by atomic mass is 9.90. The molecule has 0 amide bonds. The van der Waals surface area contributed by atoms with Crippen LogP contribution in [0.2, 0.25) is 0 Å². The quantitative estimate of drug-likeness (QED) is 0.198. The second-order valence-corrected chi connectivity index (χ2v) is 14.5. The molecular formula is C51H32N2O2. The summed E-state index contributed by atoms with van der Waals surface area (Å²) in [7, 11) is 0. The van der Waals surface area contributed by atoms with Crippen molar-refractivity contribution in [3.05, 3.63) is 188 Å². The van der Waals surface area contributed by atoms with E-state index in [9.17, 15) is 0 Å². The van der Waals surface area contributed by atoms with E-state index in [1.54, 1.807) is 0 Å². The fraction of sp³-hybridized carbons (Fsp3) is 0.0196. The summed E-state index contributed by atoms with van der Waals surface area (Å²) in [5, 5.41) is 12.9. The molecule has 0 saturated heterocycles. The van der Waals surface area contributed by atoms with Gasteiger partial charge in [-0.25, -0.2) is 0 Å². The Labute approximate surface area is 316 Å². The summed E-state index contributed by atoms with van der Waals surface area (Å²) in [5.74, 6) is 0. The van der Waals surface area contributed by atoms with Gasteiger partial charge >= 0.3 is 0 Å². The van der Waals surface area contributed by atoms with Crippen molar-refractivity contribution >= 4 is 82.5 Å². The van der Waals surface area contributed by atoms with Gasteiger partial charge in [0.05, 0.1) is 11.4 Å². The molecule has 9 aromatic carbocycles. The van der Waals surface area contributed by atoms with Gasteiger partial charge in [-0.3, -0.25) is 0 Å². The van der Waals surface area contributed by atoms with E-state index in [0.717, 1.165) is 94.0 Å². The molecule has 11 aromatic rings. The van der Waals surface area contributed by atoms with Gasteiger partial charge in [0, 0.05) is 38.4 Å². The second kappa shape index (κ2) is 11.6. The molecule has 1 aliphatic rings. The molecule has 2 aromatic heterocycles. The molecule has 4 heteroatoms. The number of nitrogens with zero attached hydrogens (tertiary/aromatic N) is 1. The first-order valence-corrected chi connectivity index (χ1v) is 18.8. The van der Waals surface area contributed by atoms with E-state index >= 15 is 0 Å². The Morgan fingerprint density at radius 1 is 0.418 bits per heavy atom. The average Bonchev–Trinajstić information content (AvgIpc) is 3.93. The lowest BCUT2D eigenvalue weighted by molar-refractivity contribution is 0.670. The molecule has 55 heavy (non-hydrogen) atoms. The van der Waals surface area contributed by atoms with Gasteiger partial charge in [-0.2, -0.15) is 0 Å². The molecule has 3 heterocycles. The average molecular weight is 705 g/mol. The first kappa shape index (κ1) is 30.2. The fourth-order valence-corrected chi connectivity index (χ4v) is 8.97. The number of hydrogen-bond acceptors (Lipinski definition) is 4. The Bertz CT molecular complexity index is 3150. The van der Waals surface area contributed by atoms with Crippen molar-refractivity contribution in [3.8, 4) is 22.3 Å². The lowest BCUT2D eigenvalue weighted by Gasteiger charge is -2.29. The third kappa shape index (κ3) is 4.52. The summed E-state index contributed by atoms with van der Waals surface area (Å²) in [6, 6.07) is 65.0. The monoisotopic (exact) mass is 704 g/mol. The number of benzene rings is 9. The molecule has 0 spiro atoms. The highest BCUT2D eigenvalue weighted by Gasteiger charge is 2.32. The maximum atomic E-state index is 6.84. The lowest BCUT2D eigenvalue weighted by Crippen LogP contribution is -2.23. The Kier molecular flexibility index (Phi) is 6.37. The summed E-state index contributed by atoms with van der Waals surface area (Å²) < 4.78 is 13.7. The molecule has 1 atom stereocenters. The van der Waals surface area contributed by atoms with E-state index in [4.69, 9.17) is 8.83 Å². The second-order valence-electron chi connectivity index (χ2n) is 14.5. The van der Waals surface area contributed by atoms with Crippen molar-refractivity contribution in [3.63, 3.8) is 0 Å². The number of nitrogens with one attached hydrogen (secondary N) is 1. The van der Waals surface area contributed by atoms with Crippen LogP contribution in [0.25, 0.3) is 87.7 Å². The predicted octanol–water partition coefficient (Wildman–Crippen LogP) is 14.4. The molecule has 1 unspecified atom stereocenters. The fourth-order valence-electron chi connectivity index (χ4n) is 8.97. The molecule has 258 valence electrons. The van der Waals surface area contributed by atoms with Gasteiger partial charge in [0.25, 0.3) is 0 Å². The van der Waals surface area contributed by atoms with E-state index < -0.39 is 0 Å². The summed E-state index contributed by atoms with van der Waals surface area (Å²) in [6.07, 6.45) is -0.126.